The number of alkyl halides is 2. The number of benzene rings is 1. The first kappa shape index (κ1) is 19.0. The molecule has 1 aliphatic rings. The van der Waals surface area contributed by atoms with E-state index in [0.717, 1.165) is 15.4 Å². The third-order valence-electron chi connectivity index (χ3n) is 6.16. The third kappa shape index (κ3) is 4.13. The van der Waals surface area contributed by atoms with Crippen molar-refractivity contribution in [2.75, 3.05) is 12.4 Å². The highest BCUT2D eigenvalue weighted by Crippen LogP contribution is 2.36. The summed E-state index contributed by atoms with van der Waals surface area (Å²) in [5, 5.41) is 25.2. The van der Waals surface area contributed by atoms with Gasteiger partial charge in [-0.15, -0.1) is 10.2 Å². The molecule has 1 aliphatic carbocycles. The molecule has 3 aromatic heterocycles. The van der Waals surface area contributed by atoms with Gasteiger partial charge in [-0.3, -0.25) is 0 Å². The van der Waals surface area contributed by atoms with Crippen LogP contribution in [-0.2, 0) is 6.54 Å². The third-order valence-corrected chi connectivity index (χ3v) is 6.16. The highest BCUT2D eigenvalue weighted by molar-refractivity contribution is 5.89. The Labute approximate surface area is 196 Å². The molecule has 0 radical (unpaired) electrons. The van der Waals surface area contributed by atoms with E-state index in [2.05, 4.69) is 25.7 Å². The maximum absolute atomic E-state index is 15.3. The number of halogens is 3. The van der Waals surface area contributed by atoms with Gasteiger partial charge in [0.25, 0.3) is 6.43 Å². The highest BCUT2D eigenvalue weighted by atomic mass is 19.3. The van der Waals surface area contributed by atoms with E-state index in [0.29, 0.717) is 31.2 Å². The Kier molecular flexibility index (Phi) is 4.70. The predicted octanol–water partition coefficient (Wildman–Crippen LogP) is 3.66. The number of anilines is 1. The van der Waals surface area contributed by atoms with Crippen molar-refractivity contribution in [3.8, 4) is 17.0 Å². The first-order valence-corrected chi connectivity index (χ1v) is 10.8. The van der Waals surface area contributed by atoms with E-state index in [4.69, 9.17) is 8.85 Å². The van der Waals surface area contributed by atoms with Gasteiger partial charge in [-0.1, -0.05) is 11.3 Å². The Bertz CT molecular complexity index is 1450. The van der Waals surface area contributed by atoms with Crippen molar-refractivity contribution in [3.63, 3.8) is 0 Å². The molecule has 9 nitrogen and oxygen atoms in total. The van der Waals surface area contributed by atoms with Crippen LogP contribution in [0.15, 0.2) is 24.4 Å². The van der Waals surface area contributed by atoms with E-state index < -0.39 is 31.4 Å². The number of aromatic nitrogens is 6. The fraction of sp³-hybridized carbons (Fsp3) is 0.455. The second kappa shape index (κ2) is 8.42. The molecule has 180 valence electrons. The smallest absolute Gasteiger partial charge is 0.258 e. The Hall–Kier alpha value is -3.41. The molecule has 3 heterocycles. The van der Waals surface area contributed by atoms with Crippen LogP contribution in [-0.4, -0.2) is 59.8 Å². The van der Waals surface area contributed by atoms with Gasteiger partial charge in [0.2, 0.25) is 11.8 Å². The summed E-state index contributed by atoms with van der Waals surface area (Å²) in [6, 6.07) is 4.38. The Morgan fingerprint density at radius 1 is 1.35 bits per heavy atom. The molecule has 0 bridgehead atoms. The lowest BCUT2D eigenvalue weighted by Gasteiger charge is -2.33. The number of nitrogens with one attached hydrogen (secondary N) is 1. The fourth-order valence-electron chi connectivity index (χ4n) is 4.38. The summed E-state index contributed by atoms with van der Waals surface area (Å²) in [6.45, 7) is 1.08. The van der Waals surface area contributed by atoms with Crippen LogP contribution >= 0.6 is 0 Å². The minimum Gasteiger partial charge on any atom is -0.479 e. The van der Waals surface area contributed by atoms with Crippen LogP contribution in [0.1, 0.15) is 36.7 Å². The van der Waals surface area contributed by atoms with Crippen molar-refractivity contribution in [2.24, 2.45) is 0 Å². The molecule has 0 spiro atoms. The molecule has 1 fully saturated rings. The molecule has 0 saturated heterocycles. The normalized spacial score (nSPS) is 22.6. The molecule has 4 aromatic rings. The van der Waals surface area contributed by atoms with E-state index in [1.165, 1.54) is 18.2 Å². The van der Waals surface area contributed by atoms with Crippen LogP contribution in [0.2, 0.25) is 0 Å². The SMILES string of the molecule is [2H]C([2H])([2H])Oc1nc(NC2CCC(C)(O)CC2)nn2cc(F)c(-c3ccc4nnn(CC(F)F)c4c3)c12. The van der Waals surface area contributed by atoms with Crippen LogP contribution < -0.4 is 10.1 Å². The quantitative estimate of drug-likeness (QED) is 0.436. The molecular weight excluding hydrogens is 451 g/mol. The van der Waals surface area contributed by atoms with Gasteiger partial charge in [-0.05, 0) is 50.3 Å². The Morgan fingerprint density at radius 2 is 2.15 bits per heavy atom. The number of methoxy groups -OCH3 is 1. The topological polar surface area (TPSA) is 102 Å². The summed E-state index contributed by atoms with van der Waals surface area (Å²) >= 11 is 0. The van der Waals surface area contributed by atoms with E-state index in [9.17, 15) is 13.9 Å². The summed E-state index contributed by atoms with van der Waals surface area (Å²) in [6.07, 6.45) is 0.787. The van der Waals surface area contributed by atoms with E-state index >= 15 is 4.39 Å². The van der Waals surface area contributed by atoms with Crippen molar-refractivity contribution in [1.82, 2.24) is 29.6 Å². The maximum atomic E-state index is 15.3. The molecule has 12 heteroatoms. The second-order valence-electron chi connectivity index (χ2n) is 8.77. The van der Waals surface area contributed by atoms with Gasteiger partial charge in [-0.25, -0.2) is 22.4 Å². The molecule has 2 N–H and O–H groups in total. The summed E-state index contributed by atoms with van der Waals surface area (Å²) in [5.41, 5.74) is -0.0226. The van der Waals surface area contributed by atoms with Gasteiger partial charge in [0, 0.05) is 6.04 Å². The number of hydrogen-bond donors (Lipinski definition) is 2. The summed E-state index contributed by atoms with van der Waals surface area (Å²) in [4.78, 5) is 4.24. The molecule has 0 atom stereocenters. The molecule has 5 rings (SSSR count). The standard InChI is InChI=1S/C22H24F3N7O2/c1-22(33)7-5-13(6-8-22)26-21-27-20(34-2)19-18(14(23)10-32(19)29-21)12-3-4-15-16(9-12)31(30-28-15)11-17(24)25/h3-4,9-10,13,17,33H,5-8,11H2,1-2H3,(H,26,29)/i2D3. The number of fused-ring (bicyclic) bond motifs is 2. The summed E-state index contributed by atoms with van der Waals surface area (Å²) in [7, 11) is -2.89. The molecule has 0 amide bonds. The Morgan fingerprint density at radius 3 is 2.88 bits per heavy atom. The van der Waals surface area contributed by atoms with Gasteiger partial charge in [0.1, 0.15) is 17.6 Å². The van der Waals surface area contributed by atoms with Crippen LogP contribution in [0.25, 0.3) is 27.7 Å². The van der Waals surface area contributed by atoms with Gasteiger partial charge in [0.05, 0.1) is 34.0 Å². The van der Waals surface area contributed by atoms with Gasteiger partial charge >= 0.3 is 0 Å². The second-order valence-corrected chi connectivity index (χ2v) is 8.77. The number of rotatable bonds is 6. The minimum atomic E-state index is -2.89. The maximum Gasteiger partial charge on any atom is 0.258 e. The van der Waals surface area contributed by atoms with Gasteiger partial charge < -0.3 is 15.2 Å². The zero-order chi connectivity index (χ0) is 26.5. The molecule has 0 unspecified atom stereocenters. The molecular formula is C22H24F3N7O2. The van der Waals surface area contributed by atoms with Crippen LogP contribution in [0.3, 0.4) is 0 Å². The first-order chi connectivity index (χ1) is 17.4. The van der Waals surface area contributed by atoms with Crippen molar-refractivity contribution in [2.45, 2.75) is 57.2 Å². The summed E-state index contributed by atoms with van der Waals surface area (Å²) < 4.78 is 71.3. The van der Waals surface area contributed by atoms with E-state index in [1.807, 2.05) is 0 Å². The van der Waals surface area contributed by atoms with Crippen LogP contribution in [0, 0.1) is 5.82 Å². The largest absolute Gasteiger partial charge is 0.479 e. The van der Waals surface area contributed by atoms with Gasteiger partial charge in [0.15, 0.2) is 5.82 Å². The zero-order valence-electron chi connectivity index (χ0n) is 21.2. The average Bonchev–Trinajstić information content (AvgIpc) is 3.33. The fourth-order valence-corrected chi connectivity index (χ4v) is 4.38. The number of aliphatic hydroxyl groups is 1. The predicted molar refractivity (Wildman–Crippen MR) is 119 cm³/mol. The van der Waals surface area contributed by atoms with Crippen molar-refractivity contribution < 1.29 is 27.1 Å². The lowest BCUT2D eigenvalue weighted by molar-refractivity contribution is 0.0195. The van der Waals surface area contributed by atoms with Crippen molar-refractivity contribution >= 4 is 22.5 Å². The van der Waals surface area contributed by atoms with Crippen molar-refractivity contribution in [3.05, 3.63) is 30.2 Å². The molecule has 0 aliphatic heterocycles. The lowest BCUT2D eigenvalue weighted by Crippen LogP contribution is -2.36. The lowest BCUT2D eigenvalue weighted by atomic mass is 9.84. The number of nitrogens with zero attached hydrogens (tertiary/aromatic N) is 6. The molecule has 34 heavy (non-hydrogen) atoms. The minimum absolute atomic E-state index is 0.0366. The zero-order valence-corrected chi connectivity index (χ0v) is 18.2. The summed E-state index contributed by atoms with van der Waals surface area (Å²) in [5.74, 6) is -1.09. The van der Waals surface area contributed by atoms with E-state index in [1.54, 1.807) is 6.92 Å². The number of hydrogen-bond acceptors (Lipinski definition) is 7. The number of ether oxygens (including phenoxy) is 1. The first-order valence-electron chi connectivity index (χ1n) is 12.3. The van der Waals surface area contributed by atoms with Crippen molar-refractivity contribution in [1.29, 1.82) is 0 Å². The molecule has 1 saturated carbocycles. The molecule has 1 aromatic carbocycles. The van der Waals surface area contributed by atoms with Gasteiger partial charge in [-0.2, -0.15) is 4.98 Å². The monoisotopic (exact) mass is 478 g/mol. The highest BCUT2D eigenvalue weighted by Gasteiger charge is 2.29. The van der Waals surface area contributed by atoms with Crippen LogP contribution in [0.5, 0.6) is 5.88 Å². The average molecular weight is 478 g/mol. The Balaban J connectivity index is 1.59. The van der Waals surface area contributed by atoms with Crippen LogP contribution in [0.4, 0.5) is 19.1 Å². The van der Waals surface area contributed by atoms with E-state index in [-0.39, 0.29) is 40.0 Å².